The SMILES string of the molecule is CCCCOc1ccc(C2=CCC(c3cccc(F)c3F)CC2)c(F)c1F. The summed E-state index contributed by atoms with van der Waals surface area (Å²) in [4.78, 5) is 0. The van der Waals surface area contributed by atoms with Gasteiger partial charge in [0.2, 0.25) is 5.82 Å². The second-order valence-corrected chi connectivity index (χ2v) is 6.78. The van der Waals surface area contributed by atoms with E-state index in [2.05, 4.69) is 0 Å². The molecule has 0 heterocycles. The molecule has 0 aliphatic heterocycles. The van der Waals surface area contributed by atoms with E-state index >= 15 is 0 Å². The summed E-state index contributed by atoms with van der Waals surface area (Å²) in [7, 11) is 0. The number of allylic oxidation sites excluding steroid dienone is 2. The van der Waals surface area contributed by atoms with Crippen molar-refractivity contribution in [3.05, 3.63) is 70.8 Å². The summed E-state index contributed by atoms with van der Waals surface area (Å²) in [6.45, 7) is 2.33. The highest BCUT2D eigenvalue weighted by Crippen LogP contribution is 2.39. The summed E-state index contributed by atoms with van der Waals surface area (Å²) in [5.41, 5.74) is 1.21. The maximum Gasteiger partial charge on any atom is 0.201 e. The summed E-state index contributed by atoms with van der Waals surface area (Å²) in [6.07, 6.45) is 4.92. The molecule has 2 aromatic rings. The van der Waals surface area contributed by atoms with Gasteiger partial charge in [-0.3, -0.25) is 0 Å². The first-order chi connectivity index (χ1) is 13.0. The minimum absolute atomic E-state index is 0.0826. The average Bonchev–Trinajstić information content (AvgIpc) is 2.68. The molecule has 0 amide bonds. The monoisotopic (exact) mass is 378 g/mol. The molecule has 0 bridgehead atoms. The first-order valence-corrected chi connectivity index (χ1v) is 9.27. The summed E-state index contributed by atoms with van der Waals surface area (Å²) in [5, 5.41) is 0. The first-order valence-electron chi connectivity index (χ1n) is 9.27. The molecule has 5 heteroatoms. The predicted octanol–water partition coefficient (Wildman–Crippen LogP) is 6.77. The number of hydrogen-bond donors (Lipinski definition) is 0. The van der Waals surface area contributed by atoms with Crippen LogP contribution in [-0.2, 0) is 0 Å². The average molecular weight is 378 g/mol. The van der Waals surface area contributed by atoms with Crippen LogP contribution in [0.2, 0.25) is 0 Å². The van der Waals surface area contributed by atoms with Crippen molar-refractivity contribution < 1.29 is 22.3 Å². The molecule has 0 fully saturated rings. The first kappa shape index (κ1) is 19.5. The molecule has 0 saturated carbocycles. The number of ether oxygens (including phenoxy) is 1. The van der Waals surface area contributed by atoms with Crippen molar-refractivity contribution in [3.63, 3.8) is 0 Å². The van der Waals surface area contributed by atoms with E-state index in [4.69, 9.17) is 4.74 Å². The Morgan fingerprint density at radius 1 is 1.00 bits per heavy atom. The molecule has 1 aliphatic rings. The molecule has 3 rings (SSSR count). The molecule has 0 saturated heterocycles. The van der Waals surface area contributed by atoms with Gasteiger partial charge in [-0.15, -0.1) is 0 Å². The molecule has 0 spiro atoms. The lowest BCUT2D eigenvalue weighted by Crippen LogP contribution is -2.08. The van der Waals surface area contributed by atoms with Crippen LogP contribution in [0, 0.1) is 23.3 Å². The van der Waals surface area contributed by atoms with Crippen molar-refractivity contribution in [2.24, 2.45) is 0 Å². The fourth-order valence-corrected chi connectivity index (χ4v) is 3.41. The van der Waals surface area contributed by atoms with Crippen molar-refractivity contribution in [2.75, 3.05) is 6.61 Å². The van der Waals surface area contributed by atoms with Crippen LogP contribution in [0.3, 0.4) is 0 Å². The van der Waals surface area contributed by atoms with Gasteiger partial charge in [0.05, 0.1) is 6.61 Å². The Hall–Kier alpha value is -2.30. The maximum atomic E-state index is 14.5. The molecule has 27 heavy (non-hydrogen) atoms. The summed E-state index contributed by atoms with van der Waals surface area (Å²) in [6, 6.07) is 7.12. The Bertz CT molecular complexity index is 844. The van der Waals surface area contributed by atoms with E-state index in [0.29, 0.717) is 37.0 Å². The number of hydrogen-bond acceptors (Lipinski definition) is 1. The lowest BCUT2D eigenvalue weighted by Gasteiger charge is -2.23. The molecular weight excluding hydrogens is 356 g/mol. The zero-order chi connectivity index (χ0) is 19.4. The van der Waals surface area contributed by atoms with E-state index in [-0.39, 0.29) is 17.2 Å². The fourth-order valence-electron chi connectivity index (χ4n) is 3.41. The van der Waals surface area contributed by atoms with E-state index in [1.807, 2.05) is 6.92 Å². The van der Waals surface area contributed by atoms with Gasteiger partial charge in [-0.05, 0) is 60.9 Å². The Balaban J connectivity index is 1.77. The lowest BCUT2D eigenvalue weighted by molar-refractivity contribution is 0.288. The van der Waals surface area contributed by atoms with E-state index in [1.165, 1.54) is 18.2 Å². The van der Waals surface area contributed by atoms with Crippen LogP contribution in [0.5, 0.6) is 5.75 Å². The highest BCUT2D eigenvalue weighted by Gasteiger charge is 2.24. The maximum absolute atomic E-state index is 14.5. The molecule has 1 nitrogen and oxygen atoms in total. The van der Waals surface area contributed by atoms with Crippen molar-refractivity contribution in [1.82, 2.24) is 0 Å². The summed E-state index contributed by atoms with van der Waals surface area (Å²) < 4.78 is 61.4. The normalized spacial score (nSPS) is 16.9. The van der Waals surface area contributed by atoms with Gasteiger partial charge in [0.25, 0.3) is 0 Å². The van der Waals surface area contributed by atoms with Gasteiger partial charge < -0.3 is 4.74 Å². The third-order valence-electron chi connectivity index (χ3n) is 4.98. The summed E-state index contributed by atoms with van der Waals surface area (Å²) in [5.74, 6) is -3.86. The van der Waals surface area contributed by atoms with Gasteiger partial charge in [0.15, 0.2) is 23.2 Å². The van der Waals surface area contributed by atoms with Gasteiger partial charge >= 0.3 is 0 Å². The van der Waals surface area contributed by atoms with Gasteiger partial charge in [-0.25, -0.2) is 13.2 Å². The number of benzene rings is 2. The van der Waals surface area contributed by atoms with Crippen molar-refractivity contribution in [3.8, 4) is 5.75 Å². The zero-order valence-electron chi connectivity index (χ0n) is 15.2. The quantitative estimate of drug-likeness (QED) is 0.398. The van der Waals surface area contributed by atoms with Crippen LogP contribution in [0.25, 0.3) is 5.57 Å². The van der Waals surface area contributed by atoms with Crippen LogP contribution in [0.1, 0.15) is 56.1 Å². The molecule has 1 atom stereocenters. The second-order valence-electron chi connectivity index (χ2n) is 6.78. The number of halogens is 4. The standard InChI is InChI=1S/C22H22F4O/c1-2-3-13-27-19-12-11-17(21(25)22(19)26)15-9-7-14(8-10-15)16-5-4-6-18(23)20(16)24/h4-6,9,11-12,14H,2-3,7-8,10,13H2,1H3. The van der Waals surface area contributed by atoms with Crippen LogP contribution in [-0.4, -0.2) is 6.61 Å². The fraction of sp³-hybridized carbons (Fsp3) is 0.364. The van der Waals surface area contributed by atoms with E-state index in [1.54, 1.807) is 12.1 Å². The molecule has 144 valence electrons. The largest absolute Gasteiger partial charge is 0.490 e. The molecule has 0 radical (unpaired) electrons. The van der Waals surface area contributed by atoms with E-state index in [0.717, 1.165) is 18.9 Å². The molecule has 0 N–H and O–H groups in total. The Morgan fingerprint density at radius 3 is 2.52 bits per heavy atom. The highest BCUT2D eigenvalue weighted by atomic mass is 19.2. The van der Waals surface area contributed by atoms with Crippen molar-refractivity contribution >= 4 is 5.57 Å². The third-order valence-corrected chi connectivity index (χ3v) is 4.98. The smallest absolute Gasteiger partial charge is 0.201 e. The molecule has 1 aliphatic carbocycles. The van der Waals surface area contributed by atoms with Crippen LogP contribution in [0.4, 0.5) is 17.6 Å². The molecule has 0 aromatic heterocycles. The molecule has 2 aromatic carbocycles. The van der Waals surface area contributed by atoms with Crippen LogP contribution < -0.4 is 4.74 Å². The topological polar surface area (TPSA) is 9.23 Å². The van der Waals surface area contributed by atoms with Crippen LogP contribution in [0.15, 0.2) is 36.4 Å². The Labute approximate surface area is 156 Å². The number of unbranched alkanes of at least 4 members (excludes halogenated alkanes) is 1. The van der Waals surface area contributed by atoms with E-state index in [9.17, 15) is 17.6 Å². The van der Waals surface area contributed by atoms with Gasteiger partial charge in [0.1, 0.15) is 0 Å². The van der Waals surface area contributed by atoms with Crippen molar-refractivity contribution in [1.29, 1.82) is 0 Å². The van der Waals surface area contributed by atoms with E-state index < -0.39 is 23.3 Å². The van der Waals surface area contributed by atoms with Crippen molar-refractivity contribution in [2.45, 2.75) is 44.9 Å². The van der Waals surface area contributed by atoms with Crippen LogP contribution >= 0.6 is 0 Å². The van der Waals surface area contributed by atoms with Gasteiger partial charge in [-0.2, -0.15) is 4.39 Å². The van der Waals surface area contributed by atoms with Gasteiger partial charge in [-0.1, -0.05) is 31.6 Å². The molecular formula is C22H22F4O. The Morgan fingerprint density at radius 2 is 1.81 bits per heavy atom. The summed E-state index contributed by atoms with van der Waals surface area (Å²) >= 11 is 0. The predicted molar refractivity (Wildman–Crippen MR) is 97.7 cm³/mol. The number of rotatable bonds is 6. The molecule has 1 unspecified atom stereocenters. The highest BCUT2D eigenvalue weighted by molar-refractivity contribution is 5.68. The lowest BCUT2D eigenvalue weighted by atomic mass is 9.82. The van der Waals surface area contributed by atoms with Gasteiger partial charge in [0, 0.05) is 5.56 Å². The minimum atomic E-state index is -0.984. The second kappa shape index (κ2) is 8.59. The third kappa shape index (κ3) is 4.18. The Kier molecular flexibility index (Phi) is 6.19. The minimum Gasteiger partial charge on any atom is -0.490 e. The zero-order valence-corrected chi connectivity index (χ0v) is 15.2.